The molecule has 0 aromatic rings. The van der Waals surface area contributed by atoms with E-state index in [2.05, 4.69) is 30.7 Å². The summed E-state index contributed by atoms with van der Waals surface area (Å²) >= 11 is 0. The molecule has 2 rings (SSSR count). The van der Waals surface area contributed by atoms with Crippen LogP contribution < -0.4 is 0 Å². The molecular weight excluding hydrogens is 216 g/mol. The average Bonchev–Trinajstić information content (AvgIpc) is 2.13. The molecule has 4 heteroatoms. The molecular formula is C13H26N2O2. The standard InChI is InChI=1S/C13H26N2O2/c1-11-7-15(8-12(2)17-11)10-13(16)5-4-6-14(3)9-13/h11-12,16H,4-10H2,1-3H3/t11-,12-,13+/m1/s1. The Morgan fingerprint density at radius 2 is 1.94 bits per heavy atom. The summed E-state index contributed by atoms with van der Waals surface area (Å²) in [5.74, 6) is 0. The number of hydrogen-bond acceptors (Lipinski definition) is 4. The highest BCUT2D eigenvalue weighted by atomic mass is 16.5. The largest absolute Gasteiger partial charge is 0.387 e. The van der Waals surface area contributed by atoms with Gasteiger partial charge in [-0.1, -0.05) is 0 Å². The monoisotopic (exact) mass is 242 g/mol. The number of rotatable bonds is 2. The molecule has 0 unspecified atom stereocenters. The van der Waals surface area contributed by atoms with E-state index in [1.807, 2.05) is 0 Å². The molecule has 100 valence electrons. The maximum absolute atomic E-state index is 10.6. The van der Waals surface area contributed by atoms with E-state index in [0.717, 1.165) is 45.6 Å². The van der Waals surface area contributed by atoms with Gasteiger partial charge in [0.1, 0.15) is 0 Å². The molecule has 3 atom stereocenters. The van der Waals surface area contributed by atoms with Crippen molar-refractivity contribution in [1.82, 2.24) is 9.80 Å². The van der Waals surface area contributed by atoms with Gasteiger partial charge in [-0.2, -0.15) is 0 Å². The summed E-state index contributed by atoms with van der Waals surface area (Å²) in [6.45, 7) is 8.80. The second-order valence-electron chi connectivity index (χ2n) is 6.02. The topological polar surface area (TPSA) is 35.9 Å². The normalized spacial score (nSPS) is 41.6. The van der Waals surface area contributed by atoms with Crippen LogP contribution in [0.1, 0.15) is 26.7 Å². The fraction of sp³-hybridized carbons (Fsp3) is 1.00. The minimum Gasteiger partial charge on any atom is -0.387 e. The van der Waals surface area contributed by atoms with Crippen LogP contribution in [0.2, 0.25) is 0 Å². The van der Waals surface area contributed by atoms with Crippen molar-refractivity contribution in [1.29, 1.82) is 0 Å². The molecule has 0 saturated carbocycles. The highest BCUT2D eigenvalue weighted by Gasteiger charge is 2.35. The van der Waals surface area contributed by atoms with E-state index in [0.29, 0.717) is 0 Å². The van der Waals surface area contributed by atoms with Crippen molar-refractivity contribution < 1.29 is 9.84 Å². The number of morpholine rings is 1. The zero-order chi connectivity index (χ0) is 12.5. The van der Waals surface area contributed by atoms with E-state index in [9.17, 15) is 5.11 Å². The summed E-state index contributed by atoms with van der Waals surface area (Å²) in [6.07, 6.45) is 2.59. The maximum atomic E-state index is 10.6. The van der Waals surface area contributed by atoms with Gasteiger partial charge in [0.15, 0.2) is 0 Å². The van der Waals surface area contributed by atoms with Crippen LogP contribution in [0.3, 0.4) is 0 Å². The van der Waals surface area contributed by atoms with Crippen molar-refractivity contribution in [3.63, 3.8) is 0 Å². The van der Waals surface area contributed by atoms with Gasteiger partial charge in [-0.15, -0.1) is 0 Å². The zero-order valence-electron chi connectivity index (χ0n) is 11.4. The van der Waals surface area contributed by atoms with Crippen molar-refractivity contribution in [2.45, 2.75) is 44.5 Å². The Kier molecular flexibility index (Phi) is 4.08. The Balaban J connectivity index is 1.90. The van der Waals surface area contributed by atoms with Crippen molar-refractivity contribution in [2.24, 2.45) is 0 Å². The molecule has 2 aliphatic heterocycles. The first-order chi connectivity index (χ1) is 7.97. The summed E-state index contributed by atoms with van der Waals surface area (Å²) in [4.78, 5) is 4.59. The third-order valence-corrected chi connectivity index (χ3v) is 3.76. The van der Waals surface area contributed by atoms with Crippen LogP contribution in [0, 0.1) is 0 Å². The lowest BCUT2D eigenvalue weighted by Gasteiger charge is -2.43. The predicted molar refractivity (Wildman–Crippen MR) is 68.1 cm³/mol. The van der Waals surface area contributed by atoms with Gasteiger partial charge in [0, 0.05) is 26.2 Å². The van der Waals surface area contributed by atoms with Crippen LogP contribution in [0.25, 0.3) is 0 Å². The van der Waals surface area contributed by atoms with E-state index in [4.69, 9.17) is 4.74 Å². The van der Waals surface area contributed by atoms with Crippen LogP contribution in [-0.2, 0) is 4.74 Å². The molecule has 1 N–H and O–H groups in total. The maximum Gasteiger partial charge on any atom is 0.0900 e. The lowest BCUT2D eigenvalue weighted by atomic mass is 9.92. The first kappa shape index (κ1) is 13.3. The Labute approximate surface area is 105 Å². The molecule has 2 aliphatic rings. The van der Waals surface area contributed by atoms with Crippen LogP contribution in [-0.4, -0.2) is 72.5 Å². The summed E-state index contributed by atoms with van der Waals surface area (Å²) in [6, 6.07) is 0. The zero-order valence-corrected chi connectivity index (χ0v) is 11.4. The summed E-state index contributed by atoms with van der Waals surface area (Å²) in [5, 5.41) is 10.6. The molecule has 0 aromatic heterocycles. The van der Waals surface area contributed by atoms with Gasteiger partial charge in [0.2, 0.25) is 0 Å². The van der Waals surface area contributed by atoms with Gasteiger partial charge in [0.25, 0.3) is 0 Å². The molecule has 0 radical (unpaired) electrons. The summed E-state index contributed by atoms with van der Waals surface area (Å²) in [5.41, 5.74) is -0.524. The quantitative estimate of drug-likeness (QED) is 0.767. The second-order valence-corrected chi connectivity index (χ2v) is 6.02. The summed E-state index contributed by atoms with van der Waals surface area (Å²) < 4.78 is 5.73. The molecule has 4 nitrogen and oxygen atoms in total. The van der Waals surface area contributed by atoms with Crippen molar-refractivity contribution in [3.05, 3.63) is 0 Å². The first-order valence-corrected chi connectivity index (χ1v) is 6.76. The van der Waals surface area contributed by atoms with E-state index in [1.165, 1.54) is 0 Å². The van der Waals surface area contributed by atoms with Crippen LogP contribution >= 0.6 is 0 Å². The number of likely N-dealkylation sites (tertiary alicyclic amines) is 1. The average molecular weight is 242 g/mol. The van der Waals surface area contributed by atoms with Crippen molar-refractivity contribution in [2.75, 3.05) is 39.8 Å². The lowest BCUT2D eigenvalue weighted by Crippen LogP contribution is -2.57. The van der Waals surface area contributed by atoms with Gasteiger partial charge < -0.3 is 14.7 Å². The Bertz CT molecular complexity index is 252. The smallest absolute Gasteiger partial charge is 0.0900 e. The Hall–Kier alpha value is -0.160. The third kappa shape index (κ3) is 3.65. The number of β-amino-alcohol motifs (C(OH)–C–C–N with tert-alkyl or cyclic N) is 1. The minimum atomic E-state index is -0.524. The molecule has 2 fully saturated rings. The number of nitrogens with zero attached hydrogens (tertiary/aromatic N) is 2. The SMILES string of the molecule is C[C@@H]1CN(C[C@]2(O)CCCN(C)C2)C[C@@H](C)O1. The van der Waals surface area contributed by atoms with Gasteiger partial charge in [-0.25, -0.2) is 0 Å². The molecule has 0 aromatic carbocycles. The van der Waals surface area contributed by atoms with E-state index < -0.39 is 5.60 Å². The van der Waals surface area contributed by atoms with Gasteiger partial charge >= 0.3 is 0 Å². The van der Waals surface area contributed by atoms with Gasteiger partial charge in [-0.3, -0.25) is 4.90 Å². The molecule has 0 spiro atoms. The molecule has 2 heterocycles. The Morgan fingerprint density at radius 3 is 2.53 bits per heavy atom. The van der Waals surface area contributed by atoms with E-state index >= 15 is 0 Å². The van der Waals surface area contributed by atoms with E-state index in [1.54, 1.807) is 0 Å². The van der Waals surface area contributed by atoms with Crippen molar-refractivity contribution >= 4 is 0 Å². The van der Waals surface area contributed by atoms with E-state index in [-0.39, 0.29) is 12.2 Å². The highest BCUT2D eigenvalue weighted by molar-refractivity contribution is 4.90. The number of likely N-dealkylation sites (N-methyl/N-ethyl adjacent to an activating group) is 1. The molecule has 17 heavy (non-hydrogen) atoms. The number of hydrogen-bond donors (Lipinski definition) is 1. The second kappa shape index (κ2) is 5.22. The third-order valence-electron chi connectivity index (χ3n) is 3.76. The lowest BCUT2D eigenvalue weighted by molar-refractivity contribution is -0.104. The van der Waals surface area contributed by atoms with Gasteiger partial charge in [-0.05, 0) is 40.3 Å². The molecule has 0 bridgehead atoms. The molecule has 0 amide bonds. The fourth-order valence-corrected chi connectivity index (χ4v) is 3.30. The molecule has 2 saturated heterocycles. The fourth-order valence-electron chi connectivity index (χ4n) is 3.30. The van der Waals surface area contributed by atoms with Crippen LogP contribution in [0.15, 0.2) is 0 Å². The Morgan fingerprint density at radius 1 is 1.29 bits per heavy atom. The van der Waals surface area contributed by atoms with Crippen LogP contribution in [0.4, 0.5) is 0 Å². The van der Waals surface area contributed by atoms with Crippen LogP contribution in [0.5, 0.6) is 0 Å². The highest BCUT2D eigenvalue weighted by Crippen LogP contribution is 2.23. The van der Waals surface area contributed by atoms with Crippen molar-refractivity contribution in [3.8, 4) is 0 Å². The number of piperidine rings is 1. The summed E-state index contributed by atoms with van der Waals surface area (Å²) in [7, 11) is 2.09. The predicted octanol–water partition coefficient (Wildman–Crippen LogP) is 0.552. The van der Waals surface area contributed by atoms with Gasteiger partial charge in [0.05, 0.1) is 17.8 Å². The minimum absolute atomic E-state index is 0.281. The number of ether oxygens (including phenoxy) is 1. The first-order valence-electron chi connectivity index (χ1n) is 6.76. The molecule has 0 aliphatic carbocycles. The number of aliphatic hydroxyl groups is 1.